The molecule has 0 bridgehead atoms. The first-order valence-electron chi connectivity index (χ1n) is 11.6. The lowest BCUT2D eigenvalue weighted by atomic mass is 10.1. The fourth-order valence-corrected chi connectivity index (χ4v) is 2.94. The number of esters is 1. The van der Waals surface area contributed by atoms with E-state index in [0.717, 1.165) is 20.0 Å². The molecule has 0 rings (SSSR count). The number of carboxylic acid groups (broad SMARTS) is 3. The van der Waals surface area contributed by atoms with Gasteiger partial charge in [-0.3, -0.25) is 19.2 Å². The second kappa shape index (κ2) is 23.3. The lowest BCUT2D eigenvalue weighted by Gasteiger charge is -2.05. The Morgan fingerprint density at radius 3 is 1.59 bits per heavy atom. The smallest absolute Gasteiger partial charge is 0.320 e. The summed E-state index contributed by atoms with van der Waals surface area (Å²) in [6.07, 6.45) is 20.5. The Hall–Kier alpha value is -2.38. The number of carboxylic acids is 3. The van der Waals surface area contributed by atoms with E-state index in [0.29, 0.717) is 6.42 Å². The molecule has 0 aliphatic rings. The molecule has 0 heterocycles. The van der Waals surface area contributed by atoms with Gasteiger partial charge in [0.05, 0.1) is 13.5 Å². The normalized spacial score (nSPS) is 11.4. The molecule has 32 heavy (non-hydrogen) atoms. The molecule has 8 heteroatoms. The predicted octanol–water partition coefficient (Wildman–Crippen LogP) is 5.44. The lowest BCUT2D eigenvalue weighted by molar-refractivity contribution is -0.161. The Bertz CT molecular complexity index is 542. The molecule has 186 valence electrons. The minimum Gasteiger partial charge on any atom is -0.481 e. The van der Waals surface area contributed by atoms with Crippen LogP contribution in [-0.4, -0.2) is 46.3 Å². The van der Waals surface area contributed by atoms with Crippen LogP contribution in [-0.2, 0) is 23.9 Å². The van der Waals surface area contributed by atoms with Gasteiger partial charge in [0.15, 0.2) is 5.92 Å². The van der Waals surface area contributed by atoms with Crippen molar-refractivity contribution in [3.05, 3.63) is 12.2 Å². The van der Waals surface area contributed by atoms with E-state index in [-0.39, 0.29) is 0 Å². The number of aliphatic carboxylic acids is 3. The van der Waals surface area contributed by atoms with Crippen LogP contribution < -0.4 is 0 Å². The first-order chi connectivity index (χ1) is 15.3. The molecule has 8 nitrogen and oxygen atoms in total. The maximum Gasteiger partial charge on any atom is 0.320 e. The van der Waals surface area contributed by atoms with Gasteiger partial charge in [-0.15, -0.1) is 0 Å². The maximum atomic E-state index is 10.6. The standard InChI is InChI=1S/C18H34O2.C6H8O6/c1-2-3-4-5-6-7-8-9-10-11-12-13-14-15-16-17-18(19)20;1-12-6(11)3(5(9)10)2-4(7)8/h9-10H,2-8,11-17H2,1H3,(H,19,20);3H,2H2,1H3,(H,7,8)(H,9,10)/b10-9-;. The first kappa shape index (κ1) is 31.8. The molecule has 0 radical (unpaired) electrons. The molecule has 1 atom stereocenters. The number of hydrogen-bond acceptors (Lipinski definition) is 5. The van der Waals surface area contributed by atoms with E-state index in [9.17, 15) is 19.2 Å². The van der Waals surface area contributed by atoms with Gasteiger partial charge in [-0.2, -0.15) is 0 Å². The van der Waals surface area contributed by atoms with Crippen molar-refractivity contribution in [3.63, 3.8) is 0 Å². The number of rotatable bonds is 19. The van der Waals surface area contributed by atoms with Gasteiger partial charge in [0, 0.05) is 6.42 Å². The summed E-state index contributed by atoms with van der Waals surface area (Å²) in [5, 5.41) is 25.1. The second-order valence-electron chi connectivity index (χ2n) is 7.74. The number of carbonyl (C=O) groups excluding carboxylic acids is 1. The summed E-state index contributed by atoms with van der Waals surface area (Å²) >= 11 is 0. The molecule has 0 aliphatic heterocycles. The van der Waals surface area contributed by atoms with Gasteiger partial charge in [-0.1, -0.05) is 70.4 Å². The molecule has 0 aromatic rings. The number of allylic oxidation sites excluding steroid dienone is 2. The van der Waals surface area contributed by atoms with E-state index in [4.69, 9.17) is 15.3 Å². The zero-order valence-electron chi connectivity index (χ0n) is 19.7. The summed E-state index contributed by atoms with van der Waals surface area (Å²) in [4.78, 5) is 41.3. The molecular formula is C24H42O8. The summed E-state index contributed by atoms with van der Waals surface area (Å²) in [5.41, 5.74) is 0. The van der Waals surface area contributed by atoms with Crippen molar-refractivity contribution in [1.82, 2.24) is 0 Å². The monoisotopic (exact) mass is 458 g/mol. The molecule has 0 saturated carbocycles. The molecule has 0 amide bonds. The highest BCUT2D eigenvalue weighted by Crippen LogP contribution is 2.10. The third-order valence-electron chi connectivity index (χ3n) is 4.81. The molecule has 0 saturated heterocycles. The van der Waals surface area contributed by atoms with Crippen molar-refractivity contribution in [1.29, 1.82) is 0 Å². The van der Waals surface area contributed by atoms with Crippen LogP contribution in [0.1, 0.15) is 103 Å². The van der Waals surface area contributed by atoms with Crippen molar-refractivity contribution < 1.29 is 39.2 Å². The number of ether oxygens (including phenoxy) is 1. The van der Waals surface area contributed by atoms with Crippen LogP contribution in [0, 0.1) is 5.92 Å². The molecule has 0 fully saturated rings. The van der Waals surface area contributed by atoms with Crippen molar-refractivity contribution in [2.75, 3.05) is 7.11 Å². The molecule has 1 unspecified atom stereocenters. The van der Waals surface area contributed by atoms with E-state index in [1.807, 2.05) is 0 Å². The zero-order chi connectivity index (χ0) is 24.6. The average molecular weight is 459 g/mol. The molecule has 0 aliphatic carbocycles. The SMILES string of the molecule is CCCCCCCC/C=C\CCCCCCCC(=O)O.COC(=O)C(CC(=O)O)C(=O)O. The van der Waals surface area contributed by atoms with E-state index in [1.54, 1.807) is 0 Å². The third kappa shape index (κ3) is 23.9. The van der Waals surface area contributed by atoms with Crippen LogP contribution in [0.15, 0.2) is 12.2 Å². The molecular weight excluding hydrogens is 416 g/mol. The lowest BCUT2D eigenvalue weighted by Crippen LogP contribution is -2.27. The molecule has 3 N–H and O–H groups in total. The molecule has 0 spiro atoms. The maximum absolute atomic E-state index is 10.6. The van der Waals surface area contributed by atoms with Crippen LogP contribution in [0.3, 0.4) is 0 Å². The number of carbonyl (C=O) groups is 4. The van der Waals surface area contributed by atoms with E-state index in [1.165, 1.54) is 70.6 Å². The van der Waals surface area contributed by atoms with Crippen LogP contribution in [0.4, 0.5) is 0 Å². The predicted molar refractivity (Wildman–Crippen MR) is 122 cm³/mol. The fourth-order valence-electron chi connectivity index (χ4n) is 2.94. The number of unbranched alkanes of at least 4 members (excludes halogenated alkanes) is 11. The number of hydrogen-bond donors (Lipinski definition) is 3. The first-order valence-corrected chi connectivity index (χ1v) is 11.6. The average Bonchev–Trinajstić information content (AvgIpc) is 2.74. The fraction of sp³-hybridized carbons (Fsp3) is 0.750. The Labute approximate surface area is 192 Å². The minimum atomic E-state index is -1.62. The van der Waals surface area contributed by atoms with Gasteiger partial charge in [0.25, 0.3) is 0 Å². The van der Waals surface area contributed by atoms with Gasteiger partial charge in [0.2, 0.25) is 0 Å². The zero-order valence-corrected chi connectivity index (χ0v) is 19.7. The van der Waals surface area contributed by atoms with Crippen LogP contribution >= 0.6 is 0 Å². The Kier molecular flexibility index (Phi) is 23.1. The van der Waals surface area contributed by atoms with Crippen molar-refractivity contribution >= 4 is 23.9 Å². The summed E-state index contributed by atoms with van der Waals surface area (Å²) in [7, 11) is 1.00. The summed E-state index contributed by atoms with van der Waals surface area (Å²) < 4.78 is 4.09. The van der Waals surface area contributed by atoms with Crippen molar-refractivity contribution in [3.8, 4) is 0 Å². The highest BCUT2D eigenvalue weighted by atomic mass is 16.5. The molecule has 0 aromatic heterocycles. The Balaban J connectivity index is 0. The van der Waals surface area contributed by atoms with Gasteiger partial charge < -0.3 is 20.1 Å². The van der Waals surface area contributed by atoms with Gasteiger partial charge in [-0.25, -0.2) is 0 Å². The minimum absolute atomic E-state index is 0.332. The largest absolute Gasteiger partial charge is 0.481 e. The summed E-state index contributed by atoms with van der Waals surface area (Å²) in [5.74, 6) is -6.18. The van der Waals surface area contributed by atoms with Gasteiger partial charge in [0.1, 0.15) is 0 Å². The Morgan fingerprint density at radius 1 is 0.719 bits per heavy atom. The van der Waals surface area contributed by atoms with Gasteiger partial charge in [-0.05, 0) is 32.1 Å². The summed E-state index contributed by atoms with van der Waals surface area (Å²) in [6.45, 7) is 2.26. The van der Waals surface area contributed by atoms with Crippen LogP contribution in [0.5, 0.6) is 0 Å². The van der Waals surface area contributed by atoms with Crippen molar-refractivity contribution in [2.24, 2.45) is 5.92 Å². The molecule has 0 aromatic carbocycles. The second-order valence-corrected chi connectivity index (χ2v) is 7.74. The quantitative estimate of drug-likeness (QED) is 0.101. The van der Waals surface area contributed by atoms with Gasteiger partial charge >= 0.3 is 23.9 Å². The third-order valence-corrected chi connectivity index (χ3v) is 4.81. The highest BCUT2D eigenvalue weighted by molar-refractivity contribution is 5.96. The summed E-state index contributed by atoms with van der Waals surface area (Å²) in [6, 6.07) is 0. The van der Waals surface area contributed by atoms with E-state index < -0.39 is 36.2 Å². The number of methoxy groups -OCH3 is 1. The van der Waals surface area contributed by atoms with E-state index >= 15 is 0 Å². The van der Waals surface area contributed by atoms with Crippen LogP contribution in [0.2, 0.25) is 0 Å². The topological polar surface area (TPSA) is 138 Å². The van der Waals surface area contributed by atoms with E-state index in [2.05, 4.69) is 23.8 Å². The Morgan fingerprint density at radius 2 is 1.19 bits per heavy atom. The van der Waals surface area contributed by atoms with Crippen molar-refractivity contribution in [2.45, 2.75) is 103 Å². The van der Waals surface area contributed by atoms with Crippen LogP contribution in [0.25, 0.3) is 0 Å². The highest BCUT2D eigenvalue weighted by Gasteiger charge is 2.29.